The van der Waals surface area contributed by atoms with E-state index in [2.05, 4.69) is 31.2 Å². The van der Waals surface area contributed by atoms with Gasteiger partial charge in [-0.3, -0.25) is 0 Å². The van der Waals surface area contributed by atoms with Gasteiger partial charge in [-0.15, -0.1) is 0 Å². The number of ether oxygens (including phenoxy) is 1. The minimum absolute atomic E-state index is 0.00379. The molecule has 0 aliphatic rings. The molecule has 0 saturated heterocycles. The van der Waals surface area contributed by atoms with Gasteiger partial charge in [-0.05, 0) is 17.5 Å². The Morgan fingerprint density at radius 2 is 1.92 bits per heavy atom. The Kier molecular flexibility index (Phi) is 3.93. The van der Waals surface area contributed by atoms with Crippen LogP contribution in [0.3, 0.4) is 0 Å². The lowest BCUT2D eigenvalue weighted by atomic mass is 10.1. The summed E-state index contributed by atoms with van der Waals surface area (Å²) in [6, 6.07) is 8.37. The molecule has 2 nitrogen and oxygen atoms in total. The van der Waals surface area contributed by atoms with Crippen LogP contribution in [0.2, 0.25) is 0 Å². The van der Waals surface area contributed by atoms with Gasteiger partial charge in [-0.2, -0.15) is 0 Å². The molecule has 1 atom stereocenters. The van der Waals surface area contributed by atoms with E-state index >= 15 is 0 Å². The molecule has 0 aliphatic heterocycles. The Balaban J connectivity index is 2.67. The van der Waals surface area contributed by atoms with Crippen molar-refractivity contribution in [3.05, 3.63) is 35.4 Å². The molecular weight excluding hydrogens is 162 g/mol. The molecule has 0 aromatic heterocycles. The molecule has 0 heterocycles. The van der Waals surface area contributed by atoms with E-state index in [0.29, 0.717) is 6.61 Å². The van der Waals surface area contributed by atoms with Gasteiger partial charge in [0.25, 0.3) is 0 Å². The van der Waals surface area contributed by atoms with Crippen molar-refractivity contribution in [1.82, 2.24) is 0 Å². The van der Waals surface area contributed by atoms with Crippen LogP contribution in [-0.2, 0) is 11.2 Å². The van der Waals surface area contributed by atoms with Crippen LogP contribution in [0.4, 0.5) is 0 Å². The van der Waals surface area contributed by atoms with Gasteiger partial charge in [0.2, 0.25) is 0 Å². The van der Waals surface area contributed by atoms with Crippen LogP contribution in [0.1, 0.15) is 24.1 Å². The first-order valence-corrected chi connectivity index (χ1v) is 4.61. The van der Waals surface area contributed by atoms with Crippen molar-refractivity contribution in [2.75, 3.05) is 13.7 Å². The second-order valence-electron chi connectivity index (χ2n) is 3.16. The van der Waals surface area contributed by atoms with Crippen molar-refractivity contribution in [1.29, 1.82) is 0 Å². The summed E-state index contributed by atoms with van der Waals surface area (Å²) in [7, 11) is 1.67. The second kappa shape index (κ2) is 5.00. The first-order valence-electron chi connectivity index (χ1n) is 4.61. The predicted octanol–water partition coefficient (Wildman–Crippen LogP) is 1.90. The molecule has 2 N–H and O–H groups in total. The lowest BCUT2D eigenvalue weighted by molar-refractivity contribution is 0.181. The van der Waals surface area contributed by atoms with E-state index in [9.17, 15) is 0 Å². The maximum atomic E-state index is 5.87. The van der Waals surface area contributed by atoms with Crippen molar-refractivity contribution in [3.63, 3.8) is 0 Å². The number of rotatable bonds is 4. The van der Waals surface area contributed by atoms with Crippen LogP contribution in [0, 0.1) is 0 Å². The third-order valence-electron chi connectivity index (χ3n) is 2.16. The molecule has 0 bridgehead atoms. The summed E-state index contributed by atoms with van der Waals surface area (Å²) >= 11 is 0. The van der Waals surface area contributed by atoms with E-state index in [4.69, 9.17) is 10.5 Å². The fourth-order valence-electron chi connectivity index (χ4n) is 1.28. The smallest absolute Gasteiger partial charge is 0.0655 e. The molecule has 0 fully saturated rings. The number of aryl methyl sites for hydroxylation is 1. The highest BCUT2D eigenvalue weighted by Crippen LogP contribution is 2.11. The largest absolute Gasteiger partial charge is 0.383 e. The molecule has 0 radical (unpaired) electrons. The minimum atomic E-state index is -0.00379. The Morgan fingerprint density at radius 1 is 1.31 bits per heavy atom. The lowest BCUT2D eigenvalue weighted by Gasteiger charge is -2.10. The summed E-state index contributed by atoms with van der Waals surface area (Å²) in [4.78, 5) is 0. The van der Waals surface area contributed by atoms with Crippen LogP contribution >= 0.6 is 0 Å². The molecule has 1 aromatic rings. The molecular formula is C11H17NO. The van der Waals surface area contributed by atoms with Crippen LogP contribution in [-0.4, -0.2) is 13.7 Å². The standard InChI is InChI=1S/C11H17NO/c1-3-9-4-6-10(7-5-9)11(12)8-13-2/h4-7,11H,3,8,12H2,1-2H3/t11-/m0/s1. The third kappa shape index (κ3) is 2.83. The van der Waals surface area contributed by atoms with Crippen LogP contribution in [0.15, 0.2) is 24.3 Å². The normalized spacial score (nSPS) is 12.8. The van der Waals surface area contributed by atoms with E-state index in [-0.39, 0.29) is 6.04 Å². The van der Waals surface area contributed by atoms with Gasteiger partial charge in [-0.25, -0.2) is 0 Å². The number of benzene rings is 1. The first-order chi connectivity index (χ1) is 6.27. The van der Waals surface area contributed by atoms with Crippen molar-refractivity contribution in [2.45, 2.75) is 19.4 Å². The zero-order valence-electron chi connectivity index (χ0n) is 8.29. The van der Waals surface area contributed by atoms with Crippen molar-refractivity contribution in [2.24, 2.45) is 5.73 Å². The molecule has 72 valence electrons. The topological polar surface area (TPSA) is 35.2 Å². The summed E-state index contributed by atoms with van der Waals surface area (Å²) in [5.41, 5.74) is 8.35. The van der Waals surface area contributed by atoms with Gasteiger partial charge in [-0.1, -0.05) is 31.2 Å². The van der Waals surface area contributed by atoms with Crippen molar-refractivity contribution >= 4 is 0 Å². The van der Waals surface area contributed by atoms with Crippen molar-refractivity contribution in [3.8, 4) is 0 Å². The summed E-state index contributed by atoms with van der Waals surface area (Å²) in [6.45, 7) is 2.72. The van der Waals surface area contributed by atoms with E-state index in [1.54, 1.807) is 7.11 Å². The SMILES string of the molecule is CCc1ccc([C@@H](N)COC)cc1. The summed E-state index contributed by atoms with van der Waals surface area (Å²) in [5, 5.41) is 0. The van der Waals surface area contributed by atoms with Gasteiger partial charge >= 0.3 is 0 Å². The molecule has 0 spiro atoms. The van der Waals surface area contributed by atoms with E-state index in [1.165, 1.54) is 5.56 Å². The highest BCUT2D eigenvalue weighted by atomic mass is 16.5. The lowest BCUT2D eigenvalue weighted by Crippen LogP contribution is -2.15. The van der Waals surface area contributed by atoms with E-state index in [1.807, 2.05) is 0 Å². The minimum Gasteiger partial charge on any atom is -0.383 e. The highest BCUT2D eigenvalue weighted by molar-refractivity contribution is 5.24. The molecule has 1 aromatic carbocycles. The quantitative estimate of drug-likeness (QED) is 0.766. The Labute approximate surface area is 79.7 Å². The van der Waals surface area contributed by atoms with Crippen molar-refractivity contribution < 1.29 is 4.74 Å². The summed E-state index contributed by atoms with van der Waals surface area (Å²) in [6.07, 6.45) is 1.07. The fraction of sp³-hybridized carbons (Fsp3) is 0.455. The average Bonchev–Trinajstić information content (AvgIpc) is 2.18. The van der Waals surface area contributed by atoms with Crippen LogP contribution < -0.4 is 5.73 Å². The number of nitrogens with two attached hydrogens (primary N) is 1. The van der Waals surface area contributed by atoms with Crippen LogP contribution in [0.25, 0.3) is 0 Å². The molecule has 2 heteroatoms. The maximum absolute atomic E-state index is 5.87. The van der Waals surface area contributed by atoms with Gasteiger partial charge in [0, 0.05) is 7.11 Å². The Bertz CT molecular complexity index is 243. The molecule has 0 amide bonds. The zero-order valence-corrected chi connectivity index (χ0v) is 8.29. The van der Waals surface area contributed by atoms with Gasteiger partial charge in [0.05, 0.1) is 12.6 Å². The zero-order chi connectivity index (χ0) is 9.68. The number of hydrogen-bond donors (Lipinski definition) is 1. The highest BCUT2D eigenvalue weighted by Gasteiger charge is 2.03. The average molecular weight is 179 g/mol. The summed E-state index contributed by atoms with van der Waals surface area (Å²) < 4.78 is 4.99. The van der Waals surface area contributed by atoms with E-state index in [0.717, 1.165) is 12.0 Å². The molecule has 0 aliphatic carbocycles. The van der Waals surface area contributed by atoms with Crippen LogP contribution in [0.5, 0.6) is 0 Å². The summed E-state index contributed by atoms with van der Waals surface area (Å²) in [5.74, 6) is 0. The Hall–Kier alpha value is -0.860. The van der Waals surface area contributed by atoms with Gasteiger partial charge < -0.3 is 10.5 Å². The van der Waals surface area contributed by atoms with E-state index < -0.39 is 0 Å². The molecule has 0 unspecified atom stereocenters. The van der Waals surface area contributed by atoms with Gasteiger partial charge in [0.15, 0.2) is 0 Å². The Morgan fingerprint density at radius 3 is 2.38 bits per heavy atom. The first kappa shape index (κ1) is 10.2. The van der Waals surface area contributed by atoms with Gasteiger partial charge in [0.1, 0.15) is 0 Å². The maximum Gasteiger partial charge on any atom is 0.0655 e. The molecule has 13 heavy (non-hydrogen) atoms. The number of hydrogen-bond acceptors (Lipinski definition) is 2. The number of methoxy groups -OCH3 is 1. The fourth-order valence-corrected chi connectivity index (χ4v) is 1.28. The third-order valence-corrected chi connectivity index (χ3v) is 2.16. The second-order valence-corrected chi connectivity index (χ2v) is 3.16. The monoisotopic (exact) mass is 179 g/mol. The molecule has 1 rings (SSSR count). The molecule has 0 saturated carbocycles. The predicted molar refractivity (Wildman–Crippen MR) is 54.6 cm³/mol.